The lowest BCUT2D eigenvalue weighted by Crippen LogP contribution is -2.25. The second-order valence-electron chi connectivity index (χ2n) is 4.11. The zero-order chi connectivity index (χ0) is 12.1. The van der Waals surface area contributed by atoms with Crippen molar-refractivity contribution >= 4 is 21.7 Å². The fraction of sp³-hybridized carbons (Fsp3) is 0.583. The highest BCUT2D eigenvalue weighted by atomic mass is 79.9. The summed E-state index contributed by atoms with van der Waals surface area (Å²) in [5.41, 5.74) is 1.20. The van der Waals surface area contributed by atoms with Crippen molar-refractivity contribution in [1.82, 2.24) is 4.98 Å². The Balaban J connectivity index is 2.59. The van der Waals surface area contributed by atoms with E-state index < -0.39 is 0 Å². The fourth-order valence-corrected chi connectivity index (χ4v) is 1.86. The van der Waals surface area contributed by atoms with E-state index in [9.17, 15) is 0 Å². The van der Waals surface area contributed by atoms with E-state index in [1.807, 2.05) is 33.2 Å². The van der Waals surface area contributed by atoms with Crippen LogP contribution in [0.5, 0.6) is 0 Å². The van der Waals surface area contributed by atoms with Crippen LogP contribution < -0.4 is 4.90 Å². The molecule has 0 amide bonds. The van der Waals surface area contributed by atoms with E-state index in [-0.39, 0.29) is 6.10 Å². The maximum absolute atomic E-state index is 5.52. The predicted molar refractivity (Wildman–Crippen MR) is 71.0 cm³/mol. The highest BCUT2D eigenvalue weighted by Gasteiger charge is 2.08. The summed E-state index contributed by atoms with van der Waals surface area (Å²) < 4.78 is 6.58. The van der Waals surface area contributed by atoms with Gasteiger partial charge in [0.15, 0.2) is 0 Å². The number of halogens is 1. The second kappa shape index (κ2) is 6.21. The Morgan fingerprint density at radius 3 is 2.81 bits per heavy atom. The first kappa shape index (κ1) is 13.5. The summed E-state index contributed by atoms with van der Waals surface area (Å²) in [4.78, 5) is 6.46. The van der Waals surface area contributed by atoms with E-state index in [0.29, 0.717) is 0 Å². The molecule has 1 aromatic rings. The first-order valence-electron chi connectivity index (χ1n) is 5.46. The SMILES string of the molecule is Cc1ccnc(N(C)CCOC(C)C)c1Br. The third-order valence-electron chi connectivity index (χ3n) is 2.30. The monoisotopic (exact) mass is 286 g/mol. The van der Waals surface area contributed by atoms with Gasteiger partial charge in [-0.2, -0.15) is 0 Å². The Hall–Kier alpha value is -0.610. The molecule has 4 heteroatoms. The summed E-state index contributed by atoms with van der Waals surface area (Å²) in [5.74, 6) is 0.965. The molecular formula is C12H19BrN2O. The van der Waals surface area contributed by atoms with Gasteiger partial charge in [-0.15, -0.1) is 0 Å². The number of hydrogen-bond acceptors (Lipinski definition) is 3. The lowest BCUT2D eigenvalue weighted by molar-refractivity contribution is 0.0845. The molecule has 0 saturated heterocycles. The molecule has 0 saturated carbocycles. The van der Waals surface area contributed by atoms with E-state index in [2.05, 4.69) is 32.7 Å². The molecule has 0 radical (unpaired) electrons. The molecule has 0 aliphatic heterocycles. The molecular weight excluding hydrogens is 268 g/mol. The Morgan fingerprint density at radius 2 is 2.19 bits per heavy atom. The molecule has 16 heavy (non-hydrogen) atoms. The summed E-state index contributed by atoms with van der Waals surface area (Å²) in [6.07, 6.45) is 2.11. The highest BCUT2D eigenvalue weighted by molar-refractivity contribution is 9.10. The largest absolute Gasteiger partial charge is 0.377 e. The zero-order valence-electron chi connectivity index (χ0n) is 10.3. The molecule has 1 aromatic heterocycles. The molecule has 3 nitrogen and oxygen atoms in total. The minimum absolute atomic E-state index is 0.280. The summed E-state index contributed by atoms with van der Waals surface area (Å²) in [6.45, 7) is 7.71. The molecule has 0 aliphatic carbocycles. The van der Waals surface area contributed by atoms with Crippen LogP contribution in [0, 0.1) is 6.92 Å². The number of ether oxygens (including phenoxy) is 1. The molecule has 0 aliphatic rings. The van der Waals surface area contributed by atoms with Gasteiger partial charge in [-0.25, -0.2) is 4.98 Å². The molecule has 1 rings (SSSR count). The third kappa shape index (κ3) is 3.76. The molecule has 0 spiro atoms. The molecule has 0 fully saturated rings. The van der Waals surface area contributed by atoms with Crippen LogP contribution in [-0.4, -0.2) is 31.3 Å². The molecule has 90 valence electrons. The smallest absolute Gasteiger partial charge is 0.142 e. The van der Waals surface area contributed by atoms with Crippen LogP contribution in [0.25, 0.3) is 0 Å². The van der Waals surface area contributed by atoms with Crippen molar-refractivity contribution in [3.8, 4) is 0 Å². The summed E-state index contributed by atoms with van der Waals surface area (Å²) >= 11 is 3.56. The van der Waals surface area contributed by atoms with Crippen molar-refractivity contribution in [3.63, 3.8) is 0 Å². The van der Waals surface area contributed by atoms with Gasteiger partial charge in [-0.05, 0) is 48.3 Å². The first-order valence-corrected chi connectivity index (χ1v) is 6.25. The Kier molecular flexibility index (Phi) is 5.22. The first-order chi connectivity index (χ1) is 7.52. The molecule has 0 bridgehead atoms. The quantitative estimate of drug-likeness (QED) is 0.832. The van der Waals surface area contributed by atoms with Gasteiger partial charge in [0.2, 0.25) is 0 Å². The van der Waals surface area contributed by atoms with Gasteiger partial charge >= 0.3 is 0 Å². The van der Waals surface area contributed by atoms with Crippen LogP contribution in [0.3, 0.4) is 0 Å². The summed E-state index contributed by atoms with van der Waals surface area (Å²) in [7, 11) is 2.02. The fourth-order valence-electron chi connectivity index (χ4n) is 1.32. The van der Waals surface area contributed by atoms with E-state index in [1.165, 1.54) is 5.56 Å². The van der Waals surface area contributed by atoms with Gasteiger partial charge in [0, 0.05) is 19.8 Å². The number of nitrogens with zero attached hydrogens (tertiary/aromatic N) is 2. The van der Waals surface area contributed by atoms with Crippen LogP contribution >= 0.6 is 15.9 Å². The lowest BCUT2D eigenvalue weighted by Gasteiger charge is -2.20. The topological polar surface area (TPSA) is 25.4 Å². The van der Waals surface area contributed by atoms with E-state index in [0.717, 1.165) is 23.4 Å². The minimum Gasteiger partial charge on any atom is -0.377 e. The summed E-state index contributed by atoms with van der Waals surface area (Å²) in [6, 6.07) is 1.99. The third-order valence-corrected chi connectivity index (χ3v) is 3.28. The lowest BCUT2D eigenvalue weighted by atomic mass is 10.3. The Bertz CT molecular complexity index is 342. The zero-order valence-corrected chi connectivity index (χ0v) is 11.9. The normalized spacial score (nSPS) is 10.9. The predicted octanol–water partition coefficient (Wildman–Crippen LogP) is 3.01. The van der Waals surface area contributed by atoms with Crippen LogP contribution in [-0.2, 0) is 4.74 Å². The maximum Gasteiger partial charge on any atom is 0.142 e. The second-order valence-corrected chi connectivity index (χ2v) is 4.90. The van der Waals surface area contributed by atoms with Gasteiger partial charge in [0.25, 0.3) is 0 Å². The number of anilines is 1. The van der Waals surface area contributed by atoms with Crippen LogP contribution in [0.1, 0.15) is 19.4 Å². The van der Waals surface area contributed by atoms with Crippen molar-refractivity contribution in [2.45, 2.75) is 26.9 Å². The van der Waals surface area contributed by atoms with Crippen molar-refractivity contribution < 1.29 is 4.74 Å². The van der Waals surface area contributed by atoms with E-state index in [4.69, 9.17) is 4.74 Å². The number of likely N-dealkylation sites (N-methyl/N-ethyl adjacent to an activating group) is 1. The average molecular weight is 287 g/mol. The molecule has 1 heterocycles. The van der Waals surface area contributed by atoms with E-state index in [1.54, 1.807) is 0 Å². The van der Waals surface area contributed by atoms with Crippen molar-refractivity contribution in [3.05, 3.63) is 22.3 Å². The van der Waals surface area contributed by atoms with Gasteiger partial charge in [-0.3, -0.25) is 0 Å². The number of hydrogen-bond donors (Lipinski definition) is 0. The minimum atomic E-state index is 0.280. The Morgan fingerprint density at radius 1 is 1.50 bits per heavy atom. The Labute approximate surface area is 106 Å². The van der Waals surface area contributed by atoms with Gasteiger partial charge in [0.1, 0.15) is 5.82 Å². The molecule has 0 aromatic carbocycles. The number of aromatic nitrogens is 1. The number of aryl methyl sites for hydroxylation is 1. The highest BCUT2D eigenvalue weighted by Crippen LogP contribution is 2.25. The van der Waals surface area contributed by atoms with Crippen molar-refractivity contribution in [1.29, 1.82) is 0 Å². The van der Waals surface area contributed by atoms with Gasteiger partial charge in [0.05, 0.1) is 17.2 Å². The van der Waals surface area contributed by atoms with Crippen LogP contribution in [0.4, 0.5) is 5.82 Å². The van der Waals surface area contributed by atoms with E-state index >= 15 is 0 Å². The number of pyridine rings is 1. The number of rotatable bonds is 5. The van der Waals surface area contributed by atoms with Crippen LogP contribution in [0.2, 0.25) is 0 Å². The standard InChI is InChI=1S/C12H19BrN2O/c1-9(2)16-8-7-15(4)12-11(13)10(3)5-6-14-12/h5-6,9H,7-8H2,1-4H3. The van der Waals surface area contributed by atoms with Crippen molar-refractivity contribution in [2.75, 3.05) is 25.1 Å². The van der Waals surface area contributed by atoms with Crippen molar-refractivity contribution in [2.24, 2.45) is 0 Å². The van der Waals surface area contributed by atoms with Gasteiger partial charge in [-0.1, -0.05) is 0 Å². The molecule has 0 N–H and O–H groups in total. The maximum atomic E-state index is 5.52. The molecule has 0 atom stereocenters. The average Bonchev–Trinajstić information content (AvgIpc) is 2.21. The van der Waals surface area contributed by atoms with Gasteiger partial charge < -0.3 is 9.64 Å². The van der Waals surface area contributed by atoms with Crippen LogP contribution in [0.15, 0.2) is 16.7 Å². The summed E-state index contributed by atoms with van der Waals surface area (Å²) in [5, 5.41) is 0. The molecule has 0 unspecified atom stereocenters.